The molecule has 0 saturated heterocycles. The van der Waals surface area contributed by atoms with Gasteiger partial charge in [0.05, 0.1) is 12.2 Å². The minimum Gasteiger partial charge on any atom is -0.478 e. The van der Waals surface area contributed by atoms with Crippen LogP contribution in [0.1, 0.15) is 15.9 Å². The highest BCUT2D eigenvalue weighted by Gasteiger charge is 2.14. The number of benzene rings is 1. The molecule has 0 heterocycles. The van der Waals surface area contributed by atoms with E-state index in [1.54, 1.807) is 0 Å². The topological polar surface area (TPSA) is 153 Å². The number of aliphatic hydroxyl groups excluding tert-OH is 1. The lowest BCUT2D eigenvalue weighted by atomic mass is 10.1. The standard InChI is InChI=1S/C11H14N6O4/c1-17(10(19)5-13-15-16-14-12)9-3-7(6-18)2-8(4-9)11(20)21/h2-4,18H,5-6H2,1H3,(H,20,21)(H2,12,13,16). The molecule has 4 N–H and O–H groups in total. The van der Waals surface area contributed by atoms with E-state index in [2.05, 4.69) is 20.8 Å². The van der Waals surface area contributed by atoms with Crippen LogP contribution >= 0.6 is 0 Å². The number of hydrogen-bond acceptors (Lipinski definition) is 5. The number of carboxylic acid groups (broad SMARTS) is 1. The van der Waals surface area contributed by atoms with Gasteiger partial charge >= 0.3 is 5.97 Å². The normalized spacial score (nSPS) is 11.1. The summed E-state index contributed by atoms with van der Waals surface area (Å²) in [5.74, 6) is 3.10. The van der Waals surface area contributed by atoms with Gasteiger partial charge in [-0.3, -0.25) is 4.79 Å². The Kier molecular flexibility index (Phi) is 5.89. The van der Waals surface area contributed by atoms with Gasteiger partial charge in [-0.15, -0.1) is 0 Å². The van der Waals surface area contributed by atoms with Gasteiger partial charge in [-0.1, -0.05) is 5.22 Å². The summed E-state index contributed by atoms with van der Waals surface area (Å²) in [6.45, 7) is -0.645. The van der Waals surface area contributed by atoms with Gasteiger partial charge in [0.15, 0.2) is 0 Å². The Labute approximate surface area is 119 Å². The number of nitrogens with two attached hydrogens (primary N) is 1. The van der Waals surface area contributed by atoms with E-state index < -0.39 is 11.9 Å². The Morgan fingerprint density at radius 3 is 2.57 bits per heavy atom. The third-order valence-electron chi connectivity index (χ3n) is 2.53. The second-order valence-electron chi connectivity index (χ2n) is 3.90. The van der Waals surface area contributed by atoms with Gasteiger partial charge in [0, 0.05) is 12.7 Å². The summed E-state index contributed by atoms with van der Waals surface area (Å²) in [7, 11) is 1.45. The quantitative estimate of drug-likeness (QED) is 0.396. The molecule has 1 amide bonds. The smallest absolute Gasteiger partial charge is 0.335 e. The van der Waals surface area contributed by atoms with Crippen LogP contribution in [-0.4, -0.2) is 35.7 Å². The van der Waals surface area contributed by atoms with Crippen molar-refractivity contribution in [2.24, 2.45) is 26.6 Å². The van der Waals surface area contributed by atoms with Crippen molar-refractivity contribution >= 4 is 17.6 Å². The number of amides is 1. The first-order valence-electron chi connectivity index (χ1n) is 5.71. The molecule has 1 aromatic carbocycles. The van der Waals surface area contributed by atoms with Crippen LogP contribution in [0, 0.1) is 0 Å². The Morgan fingerprint density at radius 2 is 2.00 bits per heavy atom. The fraction of sp³-hybridized carbons (Fsp3) is 0.273. The van der Waals surface area contributed by atoms with Gasteiger partial charge in [0.25, 0.3) is 0 Å². The zero-order valence-corrected chi connectivity index (χ0v) is 11.2. The molecule has 0 fully saturated rings. The van der Waals surface area contributed by atoms with Crippen molar-refractivity contribution in [3.05, 3.63) is 29.3 Å². The first-order valence-corrected chi connectivity index (χ1v) is 5.71. The SMILES string of the molecule is CN(C(=O)C/N=N/N=N/N)c1cc(CO)cc(C(=O)O)c1. The first kappa shape index (κ1) is 16.2. The highest BCUT2D eigenvalue weighted by molar-refractivity contribution is 5.96. The summed E-state index contributed by atoms with van der Waals surface area (Å²) in [6, 6.07) is 4.14. The van der Waals surface area contributed by atoms with E-state index in [0.29, 0.717) is 11.3 Å². The second-order valence-corrected chi connectivity index (χ2v) is 3.90. The van der Waals surface area contributed by atoms with Gasteiger partial charge in [-0.25, -0.2) is 4.79 Å². The van der Waals surface area contributed by atoms with Crippen LogP contribution in [0.15, 0.2) is 39.0 Å². The maximum absolute atomic E-state index is 11.8. The average Bonchev–Trinajstić information content (AvgIpc) is 2.49. The van der Waals surface area contributed by atoms with Crippen molar-refractivity contribution in [3.63, 3.8) is 0 Å². The average molecular weight is 294 g/mol. The molecular weight excluding hydrogens is 280 g/mol. The predicted molar refractivity (Wildman–Crippen MR) is 71.5 cm³/mol. The molecule has 112 valence electrons. The number of carboxylic acids is 1. The zero-order chi connectivity index (χ0) is 15.8. The number of rotatable bonds is 6. The van der Waals surface area contributed by atoms with Gasteiger partial charge in [-0.2, -0.15) is 5.11 Å². The monoisotopic (exact) mass is 294 g/mol. The molecule has 1 aromatic rings. The van der Waals surface area contributed by atoms with Gasteiger partial charge in [-0.05, 0) is 34.2 Å². The van der Waals surface area contributed by atoms with E-state index in [9.17, 15) is 9.59 Å². The molecule has 0 atom stereocenters. The third-order valence-corrected chi connectivity index (χ3v) is 2.53. The molecule has 1 rings (SSSR count). The fourth-order valence-electron chi connectivity index (χ4n) is 1.48. The molecule has 0 aliphatic heterocycles. The van der Waals surface area contributed by atoms with Crippen molar-refractivity contribution in [3.8, 4) is 0 Å². The molecule has 0 unspecified atom stereocenters. The first-order chi connectivity index (χ1) is 9.99. The highest BCUT2D eigenvalue weighted by Crippen LogP contribution is 2.19. The van der Waals surface area contributed by atoms with Crippen LogP contribution in [-0.2, 0) is 11.4 Å². The zero-order valence-electron chi connectivity index (χ0n) is 11.2. The van der Waals surface area contributed by atoms with Crippen LogP contribution in [0.5, 0.6) is 0 Å². The summed E-state index contributed by atoms with van der Waals surface area (Å²) >= 11 is 0. The summed E-state index contributed by atoms with van der Waals surface area (Å²) in [5, 5.41) is 30.6. The van der Waals surface area contributed by atoms with E-state index in [4.69, 9.17) is 16.1 Å². The number of aliphatic hydroxyl groups is 1. The number of aromatic carboxylic acids is 1. The van der Waals surface area contributed by atoms with Crippen LogP contribution < -0.4 is 10.7 Å². The number of carbonyl (C=O) groups excluding carboxylic acids is 1. The van der Waals surface area contributed by atoms with Crippen LogP contribution in [0.3, 0.4) is 0 Å². The minimum absolute atomic E-state index is 0.0326. The van der Waals surface area contributed by atoms with Crippen molar-refractivity contribution in [1.82, 2.24) is 0 Å². The van der Waals surface area contributed by atoms with E-state index in [-0.39, 0.29) is 18.7 Å². The maximum Gasteiger partial charge on any atom is 0.335 e. The molecule has 0 saturated carbocycles. The lowest BCUT2D eigenvalue weighted by Crippen LogP contribution is -2.28. The number of likely N-dealkylation sites (N-methyl/N-ethyl adjacent to an activating group) is 1. The number of anilines is 1. The second kappa shape index (κ2) is 7.65. The predicted octanol–water partition coefficient (Wildman–Crippen LogP) is 0.533. The van der Waals surface area contributed by atoms with Crippen molar-refractivity contribution < 1.29 is 19.8 Å². The fourth-order valence-corrected chi connectivity index (χ4v) is 1.48. The Morgan fingerprint density at radius 1 is 1.29 bits per heavy atom. The molecule has 0 aliphatic carbocycles. The molecule has 0 aromatic heterocycles. The van der Waals surface area contributed by atoms with Gasteiger partial charge in [0.1, 0.15) is 6.54 Å². The summed E-state index contributed by atoms with van der Waals surface area (Å²) < 4.78 is 0. The molecule has 0 radical (unpaired) electrons. The minimum atomic E-state index is -1.16. The third kappa shape index (κ3) is 4.62. The molecule has 0 spiro atoms. The molecule has 0 bridgehead atoms. The van der Waals surface area contributed by atoms with E-state index >= 15 is 0 Å². The molecule has 21 heavy (non-hydrogen) atoms. The molecule has 0 aliphatic rings. The van der Waals surface area contributed by atoms with Gasteiger partial charge in [0.2, 0.25) is 5.91 Å². The van der Waals surface area contributed by atoms with E-state index in [1.807, 2.05) is 0 Å². The number of carbonyl (C=O) groups is 2. The van der Waals surface area contributed by atoms with Crippen molar-refractivity contribution in [1.29, 1.82) is 0 Å². The van der Waals surface area contributed by atoms with Crippen LogP contribution in [0.25, 0.3) is 0 Å². The van der Waals surface area contributed by atoms with Gasteiger partial charge < -0.3 is 21.0 Å². The molecule has 10 heteroatoms. The number of nitrogens with zero attached hydrogens (tertiary/aromatic N) is 5. The Bertz CT molecular complexity index is 586. The van der Waals surface area contributed by atoms with Crippen molar-refractivity contribution in [2.45, 2.75) is 6.61 Å². The summed E-state index contributed by atoms with van der Waals surface area (Å²) in [5.41, 5.74) is 0.664. The highest BCUT2D eigenvalue weighted by atomic mass is 16.4. The van der Waals surface area contributed by atoms with Crippen LogP contribution in [0.4, 0.5) is 5.69 Å². The summed E-state index contributed by atoms with van der Waals surface area (Å²) in [4.78, 5) is 24.0. The maximum atomic E-state index is 11.8. The molecular formula is C11H14N6O4. The van der Waals surface area contributed by atoms with Crippen molar-refractivity contribution in [2.75, 3.05) is 18.5 Å². The Hall–Kier alpha value is -2.88. The largest absolute Gasteiger partial charge is 0.478 e. The lowest BCUT2D eigenvalue weighted by Gasteiger charge is -2.17. The molecule has 10 nitrogen and oxygen atoms in total. The lowest BCUT2D eigenvalue weighted by molar-refractivity contribution is -0.117. The van der Waals surface area contributed by atoms with Crippen LogP contribution in [0.2, 0.25) is 0 Å². The number of hydrogen-bond donors (Lipinski definition) is 3. The van der Waals surface area contributed by atoms with E-state index in [0.717, 1.165) is 0 Å². The Balaban J connectivity index is 2.95. The summed E-state index contributed by atoms with van der Waals surface area (Å²) in [6.07, 6.45) is 0. The van der Waals surface area contributed by atoms with E-state index in [1.165, 1.54) is 30.1 Å².